The highest BCUT2D eigenvalue weighted by Crippen LogP contribution is 2.45. The van der Waals surface area contributed by atoms with E-state index in [2.05, 4.69) is 44.8 Å². The maximum absolute atomic E-state index is 7.23. The topological polar surface area (TPSA) is 51.5 Å². The van der Waals surface area contributed by atoms with E-state index in [-0.39, 0.29) is 0 Å². The third-order valence-corrected chi connectivity index (χ3v) is 5.40. The third kappa shape index (κ3) is 2.80. The van der Waals surface area contributed by atoms with E-state index in [4.69, 9.17) is 11.1 Å². The highest BCUT2D eigenvalue weighted by molar-refractivity contribution is 5.90. The Balaban J connectivity index is 1.75. The van der Waals surface area contributed by atoms with Gasteiger partial charge < -0.3 is 9.42 Å². The van der Waals surface area contributed by atoms with Gasteiger partial charge in [-0.25, -0.2) is 4.85 Å². The zero-order valence-electron chi connectivity index (χ0n) is 16.8. The minimum atomic E-state index is 0.553. The van der Waals surface area contributed by atoms with Crippen LogP contribution in [0, 0.1) is 13.5 Å². The molecule has 5 rings (SSSR count). The maximum atomic E-state index is 7.23. The van der Waals surface area contributed by atoms with Gasteiger partial charge in [0.1, 0.15) is 0 Å². The van der Waals surface area contributed by atoms with Crippen LogP contribution in [0.2, 0.25) is 0 Å². The van der Waals surface area contributed by atoms with Crippen LogP contribution in [0.1, 0.15) is 11.5 Å². The van der Waals surface area contributed by atoms with E-state index < -0.39 is 0 Å². The Kier molecular flexibility index (Phi) is 4.04. The van der Waals surface area contributed by atoms with Gasteiger partial charge in [-0.3, -0.25) is 4.68 Å². The van der Waals surface area contributed by atoms with E-state index in [0.29, 0.717) is 12.1 Å². The van der Waals surface area contributed by atoms with Crippen molar-refractivity contribution in [3.63, 3.8) is 0 Å². The molecule has 0 fully saturated rings. The molecule has 0 aliphatic carbocycles. The molecule has 0 atom stereocenters. The van der Waals surface area contributed by atoms with Crippen molar-refractivity contribution in [1.29, 1.82) is 0 Å². The molecule has 146 valence electrons. The molecule has 0 saturated carbocycles. The molecule has 30 heavy (non-hydrogen) atoms. The normalized spacial score (nSPS) is 12.8. The van der Waals surface area contributed by atoms with Crippen molar-refractivity contribution in [2.24, 2.45) is 7.05 Å². The molecule has 6 heteroatoms. The summed E-state index contributed by atoms with van der Waals surface area (Å²) in [6, 6.07) is 13.9. The Hall–Kier alpha value is -4.11. The second-order valence-corrected chi connectivity index (χ2v) is 7.41. The second kappa shape index (κ2) is 6.75. The van der Waals surface area contributed by atoms with Crippen molar-refractivity contribution in [1.82, 2.24) is 14.9 Å². The van der Waals surface area contributed by atoms with E-state index in [1.807, 2.05) is 50.6 Å². The van der Waals surface area contributed by atoms with E-state index in [0.717, 1.165) is 50.8 Å². The highest BCUT2D eigenvalue weighted by atomic mass is 16.5. The first-order chi connectivity index (χ1) is 14.5. The Morgan fingerprint density at radius 1 is 1.13 bits per heavy atom. The first-order valence-corrected chi connectivity index (χ1v) is 9.59. The lowest BCUT2D eigenvalue weighted by Crippen LogP contribution is -2.16. The van der Waals surface area contributed by atoms with Gasteiger partial charge in [-0.05, 0) is 30.7 Å². The molecule has 0 radical (unpaired) electrons. The number of anilines is 2. The fraction of sp³-hybridized carbons (Fsp3) is 0.125. The number of allylic oxidation sites excluding steroid dienone is 1. The summed E-state index contributed by atoms with van der Waals surface area (Å²) in [7, 11) is 1.91. The SMILES string of the molecule is [C-]#[N+]c1ccc(N2C(=C)Cc3onc(C)c3-c3ccc(-c4cnn(C)c4)cc32)cc1. The van der Waals surface area contributed by atoms with Crippen LogP contribution in [0.25, 0.3) is 27.1 Å². The smallest absolute Gasteiger partial charge is 0.187 e. The summed E-state index contributed by atoms with van der Waals surface area (Å²) >= 11 is 0. The zero-order chi connectivity index (χ0) is 20.8. The van der Waals surface area contributed by atoms with Crippen molar-refractivity contribution >= 4 is 17.1 Å². The summed E-state index contributed by atoms with van der Waals surface area (Å²) in [5.74, 6) is 0.813. The van der Waals surface area contributed by atoms with Crippen molar-refractivity contribution in [3.8, 4) is 22.3 Å². The van der Waals surface area contributed by atoms with Gasteiger partial charge in [-0.15, -0.1) is 0 Å². The lowest BCUT2D eigenvalue weighted by Gasteiger charge is -2.27. The van der Waals surface area contributed by atoms with Crippen molar-refractivity contribution in [2.45, 2.75) is 13.3 Å². The number of hydrogen-bond donors (Lipinski definition) is 0. The molecular formula is C24H19N5O. The summed E-state index contributed by atoms with van der Waals surface area (Å²) in [6.07, 6.45) is 4.41. The standard InChI is InChI=1S/C24H19N5O/c1-15-11-23-24(16(2)27-30-23)21-10-5-17(18-13-26-28(4)14-18)12-22(21)29(15)20-8-6-19(25-3)7-9-20/h5-10,12-14H,1,11H2,2,4H3. The maximum Gasteiger partial charge on any atom is 0.187 e. The van der Waals surface area contributed by atoms with Crippen LogP contribution >= 0.6 is 0 Å². The Morgan fingerprint density at radius 2 is 1.93 bits per heavy atom. The number of aryl methyl sites for hydroxylation is 2. The van der Waals surface area contributed by atoms with Gasteiger partial charge in [0.15, 0.2) is 11.4 Å². The van der Waals surface area contributed by atoms with Crippen molar-refractivity contribution in [2.75, 3.05) is 4.90 Å². The van der Waals surface area contributed by atoms with Gasteiger partial charge in [0.05, 0.1) is 24.2 Å². The average Bonchev–Trinajstić information content (AvgIpc) is 3.31. The Morgan fingerprint density at radius 3 is 2.63 bits per heavy atom. The first kappa shape index (κ1) is 18.0. The molecule has 0 amide bonds. The van der Waals surface area contributed by atoms with E-state index in [1.165, 1.54) is 0 Å². The molecule has 1 aliphatic heterocycles. The molecule has 0 unspecified atom stereocenters. The molecule has 1 aliphatic rings. The van der Waals surface area contributed by atoms with Crippen molar-refractivity contribution in [3.05, 3.63) is 90.0 Å². The molecule has 0 saturated heterocycles. The van der Waals surface area contributed by atoms with Gasteiger partial charge in [-0.1, -0.05) is 36.0 Å². The van der Waals surface area contributed by atoms with Gasteiger partial charge in [0, 0.05) is 47.7 Å². The minimum absolute atomic E-state index is 0.553. The number of nitrogens with zero attached hydrogens (tertiary/aromatic N) is 5. The van der Waals surface area contributed by atoms with Gasteiger partial charge in [0.25, 0.3) is 0 Å². The number of aromatic nitrogens is 3. The Bertz CT molecular complexity index is 1320. The van der Waals surface area contributed by atoms with Crippen molar-refractivity contribution < 1.29 is 4.52 Å². The third-order valence-electron chi connectivity index (χ3n) is 5.40. The molecular weight excluding hydrogens is 374 g/mol. The molecule has 3 heterocycles. The van der Waals surface area contributed by atoms with Crippen LogP contribution in [0.3, 0.4) is 0 Å². The number of hydrogen-bond acceptors (Lipinski definition) is 4. The largest absolute Gasteiger partial charge is 0.360 e. The fourth-order valence-electron chi connectivity index (χ4n) is 3.99. The molecule has 2 aromatic carbocycles. The zero-order valence-corrected chi connectivity index (χ0v) is 16.8. The Labute approximate surface area is 174 Å². The van der Waals surface area contributed by atoms with Crippen LogP contribution < -0.4 is 4.90 Å². The molecule has 4 aromatic rings. The second-order valence-electron chi connectivity index (χ2n) is 7.41. The number of benzene rings is 2. The minimum Gasteiger partial charge on any atom is -0.360 e. The van der Waals surface area contributed by atoms with E-state index >= 15 is 0 Å². The van der Waals surface area contributed by atoms with Gasteiger partial charge in [0.2, 0.25) is 0 Å². The molecule has 2 aromatic heterocycles. The predicted molar refractivity (Wildman–Crippen MR) is 117 cm³/mol. The van der Waals surface area contributed by atoms with E-state index in [1.54, 1.807) is 4.68 Å². The molecule has 0 N–H and O–H groups in total. The van der Waals surface area contributed by atoms with Gasteiger partial charge in [-0.2, -0.15) is 5.10 Å². The highest BCUT2D eigenvalue weighted by Gasteiger charge is 2.28. The van der Waals surface area contributed by atoms with Crippen LogP contribution in [0.5, 0.6) is 0 Å². The fourth-order valence-corrected chi connectivity index (χ4v) is 3.99. The summed E-state index contributed by atoms with van der Waals surface area (Å²) in [6.45, 7) is 13.5. The lowest BCUT2D eigenvalue weighted by atomic mass is 9.98. The summed E-state index contributed by atoms with van der Waals surface area (Å²) in [5.41, 5.74) is 8.47. The van der Waals surface area contributed by atoms with Crippen LogP contribution in [0.4, 0.5) is 17.1 Å². The van der Waals surface area contributed by atoms with Crippen LogP contribution in [0.15, 0.2) is 71.7 Å². The first-order valence-electron chi connectivity index (χ1n) is 9.59. The quantitative estimate of drug-likeness (QED) is 0.403. The molecule has 0 bridgehead atoms. The monoisotopic (exact) mass is 393 g/mol. The van der Waals surface area contributed by atoms with Crippen LogP contribution in [-0.2, 0) is 13.5 Å². The van der Waals surface area contributed by atoms with Gasteiger partial charge >= 0.3 is 0 Å². The summed E-state index contributed by atoms with van der Waals surface area (Å²) in [5, 5.41) is 8.51. The summed E-state index contributed by atoms with van der Waals surface area (Å²) in [4.78, 5) is 5.64. The number of fused-ring (bicyclic) bond motifs is 3. The molecule has 0 spiro atoms. The summed E-state index contributed by atoms with van der Waals surface area (Å²) < 4.78 is 7.44. The van der Waals surface area contributed by atoms with Crippen LogP contribution in [-0.4, -0.2) is 14.9 Å². The van der Waals surface area contributed by atoms with E-state index in [9.17, 15) is 0 Å². The predicted octanol–water partition coefficient (Wildman–Crippen LogP) is 5.81. The molecule has 6 nitrogen and oxygen atoms in total. The average molecular weight is 393 g/mol. The lowest BCUT2D eigenvalue weighted by molar-refractivity contribution is 0.385. The number of rotatable bonds is 2.